The van der Waals surface area contributed by atoms with E-state index in [9.17, 15) is 13.2 Å². The van der Waals surface area contributed by atoms with Crippen LogP contribution in [0.2, 0.25) is 0 Å². The Hall–Kier alpha value is -2.05. The van der Waals surface area contributed by atoms with Gasteiger partial charge in [-0.25, -0.2) is 0 Å². The van der Waals surface area contributed by atoms with Crippen LogP contribution < -0.4 is 10.1 Å². The molecule has 0 aliphatic carbocycles. The standard InChI is InChI=1S/C19H21F3N2O/c1-14-4-2-3-5-17(14)18(24-12-10-23-11-13-24)15-6-8-16(9-7-15)25-19(20,21)22/h2-9,18,23H,10-13H2,1H3/t18-/m0/s1. The highest BCUT2D eigenvalue weighted by atomic mass is 19.4. The first-order valence-electron chi connectivity index (χ1n) is 8.30. The number of hydrogen-bond acceptors (Lipinski definition) is 3. The monoisotopic (exact) mass is 350 g/mol. The van der Waals surface area contributed by atoms with E-state index in [1.807, 2.05) is 12.1 Å². The predicted octanol–water partition coefficient (Wildman–Crippen LogP) is 3.89. The van der Waals surface area contributed by atoms with Gasteiger partial charge in [0.1, 0.15) is 5.75 Å². The number of aryl methyl sites for hydroxylation is 1. The smallest absolute Gasteiger partial charge is 0.406 e. The third kappa shape index (κ3) is 4.52. The Labute approximate surface area is 145 Å². The lowest BCUT2D eigenvalue weighted by atomic mass is 9.93. The van der Waals surface area contributed by atoms with Crippen molar-refractivity contribution in [1.82, 2.24) is 10.2 Å². The van der Waals surface area contributed by atoms with E-state index in [4.69, 9.17) is 0 Å². The maximum atomic E-state index is 12.4. The summed E-state index contributed by atoms with van der Waals surface area (Å²) in [5.41, 5.74) is 3.31. The number of alkyl halides is 3. The zero-order valence-electron chi connectivity index (χ0n) is 14.0. The van der Waals surface area contributed by atoms with Crippen LogP contribution in [0.1, 0.15) is 22.7 Å². The SMILES string of the molecule is Cc1ccccc1[C@H](c1ccc(OC(F)(F)F)cc1)N1CCNCC1. The van der Waals surface area contributed by atoms with Crippen molar-refractivity contribution in [2.24, 2.45) is 0 Å². The van der Waals surface area contributed by atoms with Crippen LogP contribution in [0.3, 0.4) is 0 Å². The minimum absolute atomic E-state index is 0.0169. The molecule has 25 heavy (non-hydrogen) atoms. The molecule has 6 heteroatoms. The normalized spacial score (nSPS) is 17.3. The second-order valence-electron chi connectivity index (χ2n) is 6.16. The average molecular weight is 350 g/mol. The summed E-state index contributed by atoms with van der Waals surface area (Å²) in [7, 11) is 0. The molecule has 0 aromatic heterocycles. The lowest BCUT2D eigenvalue weighted by Crippen LogP contribution is -2.45. The van der Waals surface area contributed by atoms with E-state index in [-0.39, 0.29) is 11.8 Å². The molecule has 0 amide bonds. The van der Waals surface area contributed by atoms with Gasteiger partial charge in [0.25, 0.3) is 0 Å². The van der Waals surface area contributed by atoms with Crippen molar-refractivity contribution in [3.8, 4) is 5.75 Å². The van der Waals surface area contributed by atoms with Crippen molar-refractivity contribution < 1.29 is 17.9 Å². The number of ether oxygens (including phenoxy) is 1. The first-order chi connectivity index (χ1) is 11.9. The zero-order chi connectivity index (χ0) is 17.9. The molecule has 2 aromatic carbocycles. The largest absolute Gasteiger partial charge is 0.573 e. The molecule has 3 nitrogen and oxygen atoms in total. The number of piperazine rings is 1. The third-order valence-corrected chi connectivity index (χ3v) is 4.43. The first kappa shape index (κ1) is 17.8. The molecule has 0 bridgehead atoms. The third-order valence-electron chi connectivity index (χ3n) is 4.43. The Balaban J connectivity index is 1.93. The number of benzene rings is 2. The van der Waals surface area contributed by atoms with E-state index >= 15 is 0 Å². The molecule has 1 heterocycles. The molecule has 0 saturated carbocycles. The molecule has 1 N–H and O–H groups in total. The highest BCUT2D eigenvalue weighted by molar-refractivity contribution is 5.39. The van der Waals surface area contributed by atoms with Gasteiger partial charge in [0.05, 0.1) is 6.04 Å². The van der Waals surface area contributed by atoms with Crippen LogP contribution in [0.25, 0.3) is 0 Å². The summed E-state index contributed by atoms with van der Waals surface area (Å²) in [5.74, 6) is -0.194. The van der Waals surface area contributed by atoms with Gasteiger partial charge in [-0.2, -0.15) is 0 Å². The molecule has 3 rings (SSSR count). The van der Waals surface area contributed by atoms with E-state index in [1.54, 1.807) is 12.1 Å². The molecule has 1 fully saturated rings. The lowest BCUT2D eigenvalue weighted by molar-refractivity contribution is -0.274. The van der Waals surface area contributed by atoms with Crippen LogP contribution in [0.15, 0.2) is 48.5 Å². The van der Waals surface area contributed by atoms with E-state index in [1.165, 1.54) is 23.3 Å². The van der Waals surface area contributed by atoms with Gasteiger partial charge in [0.15, 0.2) is 0 Å². The molecule has 0 unspecified atom stereocenters. The summed E-state index contributed by atoms with van der Waals surface area (Å²) in [4.78, 5) is 2.36. The lowest BCUT2D eigenvalue weighted by Gasteiger charge is -2.36. The van der Waals surface area contributed by atoms with Gasteiger partial charge in [0.2, 0.25) is 0 Å². The van der Waals surface area contributed by atoms with Crippen LogP contribution in [0, 0.1) is 6.92 Å². The van der Waals surface area contributed by atoms with Crippen molar-refractivity contribution >= 4 is 0 Å². The van der Waals surface area contributed by atoms with Gasteiger partial charge in [-0.3, -0.25) is 4.90 Å². The molecule has 1 atom stereocenters. The summed E-state index contributed by atoms with van der Waals surface area (Å²) < 4.78 is 41.1. The van der Waals surface area contributed by atoms with Gasteiger partial charge >= 0.3 is 6.36 Å². The molecule has 1 aliphatic heterocycles. The van der Waals surface area contributed by atoms with Crippen LogP contribution in [0.4, 0.5) is 13.2 Å². The maximum Gasteiger partial charge on any atom is 0.573 e. The highest BCUT2D eigenvalue weighted by Gasteiger charge is 2.31. The molecular weight excluding hydrogens is 329 g/mol. The predicted molar refractivity (Wildman–Crippen MR) is 90.6 cm³/mol. The minimum Gasteiger partial charge on any atom is -0.406 e. The average Bonchev–Trinajstić information content (AvgIpc) is 2.58. The molecule has 0 spiro atoms. The number of nitrogens with zero attached hydrogens (tertiary/aromatic N) is 1. The molecule has 2 aromatic rings. The van der Waals surface area contributed by atoms with Crippen LogP contribution in [0.5, 0.6) is 5.75 Å². The summed E-state index contributed by atoms with van der Waals surface area (Å²) >= 11 is 0. The van der Waals surface area contributed by atoms with Gasteiger partial charge in [-0.1, -0.05) is 36.4 Å². The van der Waals surface area contributed by atoms with E-state index in [0.29, 0.717) is 0 Å². The topological polar surface area (TPSA) is 24.5 Å². The summed E-state index contributed by atoms with van der Waals surface area (Å²) in [6.07, 6.45) is -4.67. The zero-order valence-corrected chi connectivity index (χ0v) is 14.0. The Morgan fingerprint density at radius 2 is 1.64 bits per heavy atom. The number of rotatable bonds is 4. The van der Waals surface area contributed by atoms with Crippen LogP contribution in [-0.2, 0) is 0 Å². The van der Waals surface area contributed by atoms with Crippen molar-refractivity contribution in [3.63, 3.8) is 0 Å². The van der Waals surface area contributed by atoms with Gasteiger partial charge in [-0.15, -0.1) is 13.2 Å². The maximum absolute atomic E-state index is 12.4. The van der Waals surface area contributed by atoms with Crippen molar-refractivity contribution in [2.45, 2.75) is 19.3 Å². The van der Waals surface area contributed by atoms with E-state index in [0.717, 1.165) is 31.7 Å². The Morgan fingerprint density at radius 1 is 1.00 bits per heavy atom. The molecule has 1 aliphatic rings. The summed E-state index contributed by atoms with van der Waals surface area (Å²) in [5, 5.41) is 3.34. The number of nitrogens with one attached hydrogen (secondary N) is 1. The number of halogens is 3. The minimum atomic E-state index is -4.67. The van der Waals surface area contributed by atoms with Crippen LogP contribution >= 0.6 is 0 Å². The molecule has 0 radical (unpaired) electrons. The van der Waals surface area contributed by atoms with Gasteiger partial charge < -0.3 is 10.1 Å². The molecule has 134 valence electrons. The Bertz CT molecular complexity index is 695. The quantitative estimate of drug-likeness (QED) is 0.905. The summed E-state index contributed by atoms with van der Waals surface area (Å²) in [6, 6.07) is 14.4. The number of hydrogen-bond donors (Lipinski definition) is 1. The first-order valence-corrected chi connectivity index (χ1v) is 8.30. The second kappa shape index (κ2) is 7.45. The molecular formula is C19H21F3N2O. The Morgan fingerprint density at radius 3 is 2.24 bits per heavy atom. The van der Waals surface area contributed by atoms with E-state index < -0.39 is 6.36 Å². The summed E-state index contributed by atoms with van der Waals surface area (Å²) in [6.45, 7) is 5.64. The fraction of sp³-hybridized carbons (Fsp3) is 0.368. The van der Waals surface area contributed by atoms with Crippen molar-refractivity contribution in [1.29, 1.82) is 0 Å². The highest BCUT2D eigenvalue weighted by Crippen LogP contribution is 2.32. The van der Waals surface area contributed by atoms with E-state index in [2.05, 4.69) is 34.0 Å². The Kier molecular flexibility index (Phi) is 5.30. The van der Waals surface area contributed by atoms with Gasteiger partial charge in [-0.05, 0) is 35.7 Å². The second-order valence-corrected chi connectivity index (χ2v) is 6.16. The molecule has 1 saturated heterocycles. The van der Waals surface area contributed by atoms with Crippen LogP contribution in [-0.4, -0.2) is 37.4 Å². The fourth-order valence-corrected chi connectivity index (χ4v) is 3.27. The fourth-order valence-electron chi connectivity index (χ4n) is 3.27. The van der Waals surface area contributed by atoms with Gasteiger partial charge in [0, 0.05) is 26.2 Å². The van der Waals surface area contributed by atoms with Crippen molar-refractivity contribution in [2.75, 3.05) is 26.2 Å². The van der Waals surface area contributed by atoms with Crippen molar-refractivity contribution in [3.05, 3.63) is 65.2 Å².